The maximum atomic E-state index is 11.9. The number of rotatable bonds is 3. The summed E-state index contributed by atoms with van der Waals surface area (Å²) in [7, 11) is 0. The summed E-state index contributed by atoms with van der Waals surface area (Å²) in [6.45, 7) is 1.58. The van der Waals surface area contributed by atoms with E-state index in [9.17, 15) is 9.59 Å². The predicted molar refractivity (Wildman–Crippen MR) is 78.6 cm³/mol. The molecule has 0 aromatic heterocycles. The number of nitrogen functional groups attached to an aromatic ring is 1. The van der Waals surface area contributed by atoms with Crippen molar-refractivity contribution in [2.75, 3.05) is 25.4 Å². The van der Waals surface area contributed by atoms with Crippen LogP contribution in [0.2, 0.25) is 5.02 Å². The van der Waals surface area contributed by atoms with E-state index >= 15 is 0 Å². The zero-order valence-corrected chi connectivity index (χ0v) is 11.9. The van der Waals surface area contributed by atoms with Gasteiger partial charge in [-0.25, -0.2) is 0 Å². The Hall–Kier alpha value is -1.75. The Labute approximate surface area is 123 Å². The molecule has 0 atom stereocenters. The highest BCUT2D eigenvalue weighted by Gasteiger charge is 2.17. The first-order chi connectivity index (χ1) is 9.58. The van der Waals surface area contributed by atoms with Gasteiger partial charge in [0.15, 0.2) is 0 Å². The highest BCUT2D eigenvalue weighted by Crippen LogP contribution is 2.19. The Morgan fingerprint density at radius 1 is 1.25 bits per heavy atom. The summed E-state index contributed by atoms with van der Waals surface area (Å²) in [4.78, 5) is 25.6. The predicted octanol–water partition coefficient (Wildman–Crippen LogP) is 1.66. The number of hydrogen-bond donors (Lipinski definition) is 2. The van der Waals surface area contributed by atoms with Crippen molar-refractivity contribution in [2.45, 2.75) is 19.3 Å². The van der Waals surface area contributed by atoms with Gasteiger partial charge in [0.05, 0.1) is 17.3 Å². The average Bonchev–Trinajstić information content (AvgIpc) is 2.48. The van der Waals surface area contributed by atoms with Crippen LogP contribution in [0.4, 0.5) is 5.69 Å². The molecule has 108 valence electrons. The molecule has 1 aromatic carbocycles. The van der Waals surface area contributed by atoms with Crippen LogP contribution in [0.1, 0.15) is 29.6 Å². The molecule has 1 fully saturated rings. The third-order valence-corrected chi connectivity index (χ3v) is 3.70. The number of nitrogens with two attached hydrogens (primary N) is 1. The van der Waals surface area contributed by atoms with Crippen LogP contribution < -0.4 is 11.1 Å². The summed E-state index contributed by atoms with van der Waals surface area (Å²) >= 11 is 5.86. The summed E-state index contributed by atoms with van der Waals surface area (Å²) in [6.07, 6.45) is 3.24. The highest BCUT2D eigenvalue weighted by molar-refractivity contribution is 6.33. The average molecular weight is 296 g/mol. The van der Waals surface area contributed by atoms with Crippen molar-refractivity contribution in [2.24, 2.45) is 0 Å². The fourth-order valence-electron chi connectivity index (χ4n) is 2.18. The number of piperidine rings is 1. The summed E-state index contributed by atoms with van der Waals surface area (Å²) in [5.74, 6) is -0.364. The van der Waals surface area contributed by atoms with Gasteiger partial charge in [0.2, 0.25) is 5.91 Å². The Bertz CT molecular complexity index is 513. The van der Waals surface area contributed by atoms with Gasteiger partial charge in [0.1, 0.15) is 0 Å². The van der Waals surface area contributed by atoms with E-state index in [1.165, 1.54) is 12.5 Å². The van der Waals surface area contributed by atoms with E-state index in [0.717, 1.165) is 25.9 Å². The van der Waals surface area contributed by atoms with Crippen LogP contribution in [0.25, 0.3) is 0 Å². The number of hydrogen-bond acceptors (Lipinski definition) is 3. The van der Waals surface area contributed by atoms with Crippen molar-refractivity contribution in [1.82, 2.24) is 10.2 Å². The maximum absolute atomic E-state index is 11.9. The SMILES string of the molecule is Nc1ccc(C(=O)NCC(=O)N2CCCCC2)cc1Cl. The largest absolute Gasteiger partial charge is 0.398 e. The zero-order chi connectivity index (χ0) is 14.5. The molecule has 1 heterocycles. The Kier molecular flexibility index (Phi) is 4.84. The van der Waals surface area contributed by atoms with Gasteiger partial charge in [-0.1, -0.05) is 11.6 Å². The molecule has 1 aromatic rings. The topological polar surface area (TPSA) is 75.4 Å². The van der Waals surface area contributed by atoms with Gasteiger partial charge in [-0.2, -0.15) is 0 Å². The third-order valence-electron chi connectivity index (χ3n) is 3.37. The molecular formula is C14H18ClN3O2. The van der Waals surface area contributed by atoms with E-state index in [1.807, 2.05) is 0 Å². The molecule has 2 amide bonds. The number of nitrogens with one attached hydrogen (secondary N) is 1. The molecule has 5 nitrogen and oxygen atoms in total. The van der Waals surface area contributed by atoms with E-state index in [-0.39, 0.29) is 18.4 Å². The van der Waals surface area contributed by atoms with Gasteiger partial charge < -0.3 is 16.0 Å². The first-order valence-corrected chi connectivity index (χ1v) is 7.07. The number of likely N-dealkylation sites (tertiary alicyclic amines) is 1. The van der Waals surface area contributed by atoms with Crippen LogP contribution >= 0.6 is 11.6 Å². The standard InChI is InChI=1S/C14H18ClN3O2/c15-11-8-10(4-5-12(11)16)14(20)17-9-13(19)18-6-2-1-3-7-18/h4-5,8H,1-3,6-7,9,16H2,(H,17,20). The quantitative estimate of drug-likeness (QED) is 0.833. The minimum absolute atomic E-state index is 0.0147. The van der Waals surface area contributed by atoms with Gasteiger partial charge in [0.25, 0.3) is 5.91 Å². The number of carbonyl (C=O) groups excluding carboxylic acids is 2. The molecule has 0 unspecified atom stereocenters. The second-order valence-electron chi connectivity index (χ2n) is 4.86. The summed E-state index contributed by atoms with van der Waals surface area (Å²) < 4.78 is 0. The number of benzene rings is 1. The van der Waals surface area contributed by atoms with Crippen molar-refractivity contribution in [3.63, 3.8) is 0 Å². The molecule has 0 aliphatic carbocycles. The first-order valence-electron chi connectivity index (χ1n) is 6.69. The number of halogens is 1. The van der Waals surface area contributed by atoms with Crippen molar-refractivity contribution >= 4 is 29.1 Å². The van der Waals surface area contributed by atoms with Gasteiger partial charge >= 0.3 is 0 Å². The van der Waals surface area contributed by atoms with Crippen molar-refractivity contribution in [3.8, 4) is 0 Å². The summed E-state index contributed by atoms with van der Waals surface area (Å²) in [5, 5.41) is 2.95. The van der Waals surface area contributed by atoms with Gasteiger partial charge in [-0.3, -0.25) is 9.59 Å². The number of anilines is 1. The Balaban J connectivity index is 1.88. The second kappa shape index (κ2) is 6.61. The van der Waals surface area contributed by atoms with Crippen LogP contribution in [0.15, 0.2) is 18.2 Å². The lowest BCUT2D eigenvalue weighted by Crippen LogP contribution is -2.42. The van der Waals surface area contributed by atoms with Crippen LogP contribution in [-0.4, -0.2) is 36.3 Å². The van der Waals surface area contributed by atoms with E-state index in [2.05, 4.69) is 5.32 Å². The minimum Gasteiger partial charge on any atom is -0.398 e. The molecule has 1 aliphatic heterocycles. The van der Waals surface area contributed by atoms with E-state index in [1.54, 1.807) is 17.0 Å². The third kappa shape index (κ3) is 3.63. The van der Waals surface area contributed by atoms with E-state index in [4.69, 9.17) is 17.3 Å². The van der Waals surface area contributed by atoms with Crippen LogP contribution in [-0.2, 0) is 4.79 Å². The van der Waals surface area contributed by atoms with E-state index in [0.29, 0.717) is 16.3 Å². The van der Waals surface area contributed by atoms with Crippen molar-refractivity contribution in [3.05, 3.63) is 28.8 Å². The molecule has 1 aliphatic rings. The first kappa shape index (κ1) is 14.7. The molecule has 0 saturated carbocycles. The second-order valence-corrected chi connectivity index (χ2v) is 5.27. The maximum Gasteiger partial charge on any atom is 0.251 e. The lowest BCUT2D eigenvalue weighted by atomic mass is 10.1. The lowest BCUT2D eigenvalue weighted by molar-refractivity contribution is -0.130. The molecule has 20 heavy (non-hydrogen) atoms. The van der Waals surface area contributed by atoms with Gasteiger partial charge in [0, 0.05) is 18.7 Å². The van der Waals surface area contributed by atoms with Crippen molar-refractivity contribution < 1.29 is 9.59 Å². The molecule has 1 saturated heterocycles. The molecule has 2 rings (SSSR count). The molecule has 6 heteroatoms. The number of nitrogens with zero attached hydrogens (tertiary/aromatic N) is 1. The Morgan fingerprint density at radius 2 is 1.95 bits per heavy atom. The molecule has 0 bridgehead atoms. The normalized spacial score (nSPS) is 14.9. The van der Waals surface area contributed by atoms with Gasteiger partial charge in [-0.15, -0.1) is 0 Å². The lowest BCUT2D eigenvalue weighted by Gasteiger charge is -2.26. The zero-order valence-electron chi connectivity index (χ0n) is 11.2. The Morgan fingerprint density at radius 3 is 2.60 bits per heavy atom. The van der Waals surface area contributed by atoms with Crippen LogP contribution in [0.5, 0.6) is 0 Å². The number of amides is 2. The molecular weight excluding hydrogens is 278 g/mol. The monoisotopic (exact) mass is 295 g/mol. The fourth-order valence-corrected chi connectivity index (χ4v) is 2.36. The van der Waals surface area contributed by atoms with E-state index < -0.39 is 0 Å². The molecule has 3 N–H and O–H groups in total. The summed E-state index contributed by atoms with van der Waals surface area (Å²) in [6, 6.07) is 4.66. The van der Waals surface area contributed by atoms with Crippen LogP contribution in [0, 0.1) is 0 Å². The van der Waals surface area contributed by atoms with Crippen LogP contribution in [0.3, 0.4) is 0 Å². The minimum atomic E-state index is -0.322. The molecule has 0 spiro atoms. The number of carbonyl (C=O) groups is 2. The highest BCUT2D eigenvalue weighted by atomic mass is 35.5. The van der Waals surface area contributed by atoms with Crippen molar-refractivity contribution in [1.29, 1.82) is 0 Å². The smallest absolute Gasteiger partial charge is 0.251 e. The van der Waals surface area contributed by atoms with Gasteiger partial charge in [-0.05, 0) is 37.5 Å². The fraction of sp³-hybridized carbons (Fsp3) is 0.429. The molecule has 0 radical (unpaired) electrons. The summed E-state index contributed by atoms with van der Waals surface area (Å²) in [5.41, 5.74) is 6.41.